The summed E-state index contributed by atoms with van der Waals surface area (Å²) in [6.45, 7) is 9.79. The average molecular weight is 510 g/mol. The van der Waals surface area contributed by atoms with Crippen LogP contribution in [-0.2, 0) is 0 Å². The lowest BCUT2D eigenvalue weighted by Crippen LogP contribution is -2.48. The first-order valence-corrected chi connectivity index (χ1v) is 13.1. The maximum atomic E-state index is 5.02. The minimum atomic E-state index is 0.853. The van der Waals surface area contributed by atoms with Crippen molar-refractivity contribution in [1.82, 2.24) is 25.2 Å². The van der Waals surface area contributed by atoms with Gasteiger partial charge in [-0.25, -0.2) is 9.97 Å². The van der Waals surface area contributed by atoms with Crippen molar-refractivity contribution in [2.24, 2.45) is 5.92 Å². The van der Waals surface area contributed by atoms with Crippen molar-refractivity contribution >= 4 is 38.5 Å². The summed E-state index contributed by atoms with van der Waals surface area (Å²) in [6.07, 6.45) is 6.17. The van der Waals surface area contributed by atoms with Crippen molar-refractivity contribution in [3.8, 4) is 11.4 Å². The SMILES string of the molecule is Brc1cnc2[nH]c(-c3ccc(N4CCNCC4)cc3)nc2c1N1CCN(CC2CCC2)CC1. The van der Waals surface area contributed by atoms with Crippen LogP contribution >= 0.6 is 15.9 Å². The molecule has 0 radical (unpaired) electrons. The molecule has 4 heterocycles. The third-order valence-corrected chi connectivity index (χ3v) is 8.08. The number of rotatable bonds is 5. The second-order valence-electron chi connectivity index (χ2n) is 9.61. The van der Waals surface area contributed by atoms with E-state index in [2.05, 4.69) is 70.2 Å². The summed E-state index contributed by atoms with van der Waals surface area (Å²) in [4.78, 5) is 20.7. The van der Waals surface area contributed by atoms with Crippen LogP contribution in [0, 0.1) is 5.92 Å². The minimum Gasteiger partial charge on any atom is -0.369 e. The van der Waals surface area contributed by atoms with E-state index in [0.717, 1.165) is 85.3 Å². The van der Waals surface area contributed by atoms with Gasteiger partial charge in [-0.05, 0) is 59.0 Å². The third kappa shape index (κ3) is 4.36. The van der Waals surface area contributed by atoms with Gasteiger partial charge in [0.05, 0.1) is 10.2 Å². The molecule has 33 heavy (non-hydrogen) atoms. The normalized spacial score (nSPS) is 20.4. The molecule has 2 aromatic heterocycles. The number of pyridine rings is 1. The smallest absolute Gasteiger partial charge is 0.159 e. The summed E-state index contributed by atoms with van der Waals surface area (Å²) in [5, 5.41) is 3.42. The molecular formula is C25H32BrN7. The summed E-state index contributed by atoms with van der Waals surface area (Å²) in [5.41, 5.74) is 5.35. The molecular weight excluding hydrogens is 478 g/mol. The summed E-state index contributed by atoms with van der Waals surface area (Å²) in [5.74, 6) is 1.81. The number of imidazole rings is 1. The Morgan fingerprint density at radius 1 is 0.939 bits per heavy atom. The number of halogens is 1. The van der Waals surface area contributed by atoms with Crippen molar-refractivity contribution in [3.05, 3.63) is 34.9 Å². The highest BCUT2D eigenvalue weighted by Crippen LogP contribution is 2.35. The van der Waals surface area contributed by atoms with Crippen LogP contribution in [0.4, 0.5) is 11.4 Å². The molecule has 3 aliphatic rings. The predicted molar refractivity (Wildman–Crippen MR) is 138 cm³/mol. The Morgan fingerprint density at radius 3 is 2.39 bits per heavy atom. The quantitative estimate of drug-likeness (QED) is 0.546. The topological polar surface area (TPSA) is 63.3 Å². The first-order chi connectivity index (χ1) is 16.2. The number of fused-ring (bicyclic) bond motifs is 1. The van der Waals surface area contributed by atoms with Crippen LogP contribution in [-0.4, -0.2) is 78.8 Å². The van der Waals surface area contributed by atoms with Crippen LogP contribution < -0.4 is 15.1 Å². The fraction of sp³-hybridized carbons (Fsp3) is 0.520. The number of aromatic nitrogens is 3. The van der Waals surface area contributed by atoms with E-state index in [-0.39, 0.29) is 0 Å². The van der Waals surface area contributed by atoms with E-state index in [0.29, 0.717) is 0 Å². The Bertz CT molecular complexity index is 1090. The lowest BCUT2D eigenvalue weighted by atomic mass is 9.85. The van der Waals surface area contributed by atoms with E-state index in [4.69, 9.17) is 4.98 Å². The minimum absolute atomic E-state index is 0.853. The maximum absolute atomic E-state index is 5.02. The lowest BCUT2D eigenvalue weighted by molar-refractivity contribution is 0.170. The van der Waals surface area contributed by atoms with Crippen molar-refractivity contribution in [2.45, 2.75) is 19.3 Å². The fourth-order valence-corrected chi connectivity index (χ4v) is 5.84. The number of piperazine rings is 2. The zero-order valence-electron chi connectivity index (χ0n) is 19.1. The molecule has 0 spiro atoms. The van der Waals surface area contributed by atoms with Crippen LogP contribution in [0.15, 0.2) is 34.9 Å². The van der Waals surface area contributed by atoms with Gasteiger partial charge in [0.1, 0.15) is 11.3 Å². The molecule has 0 unspecified atom stereocenters. The van der Waals surface area contributed by atoms with E-state index >= 15 is 0 Å². The standard InChI is InChI=1S/C25H32BrN7/c26-21-16-28-25-22(23(21)33-14-12-31(13-15-33)17-18-2-1-3-18)29-24(30-25)19-4-6-20(7-5-19)32-10-8-27-9-11-32/h4-7,16,18,27H,1-3,8-15,17H2,(H,28,29,30). The van der Waals surface area contributed by atoms with Crippen LogP contribution in [0.2, 0.25) is 0 Å². The summed E-state index contributed by atoms with van der Waals surface area (Å²) >= 11 is 3.77. The molecule has 2 saturated heterocycles. The number of anilines is 2. The third-order valence-electron chi connectivity index (χ3n) is 7.49. The largest absolute Gasteiger partial charge is 0.369 e. The Hall–Kier alpha value is -2.16. The summed E-state index contributed by atoms with van der Waals surface area (Å²) in [7, 11) is 0. The molecule has 6 rings (SSSR count). The van der Waals surface area contributed by atoms with Crippen molar-refractivity contribution in [1.29, 1.82) is 0 Å². The molecule has 0 bridgehead atoms. The van der Waals surface area contributed by atoms with Crippen molar-refractivity contribution < 1.29 is 0 Å². The van der Waals surface area contributed by atoms with Gasteiger partial charge in [-0.15, -0.1) is 0 Å². The van der Waals surface area contributed by atoms with Crippen molar-refractivity contribution in [3.63, 3.8) is 0 Å². The Kier molecular flexibility index (Phi) is 5.98. The lowest BCUT2D eigenvalue weighted by Gasteiger charge is -2.39. The number of nitrogens with zero attached hydrogens (tertiary/aromatic N) is 5. The highest BCUT2D eigenvalue weighted by atomic mass is 79.9. The molecule has 1 aromatic carbocycles. The van der Waals surface area contributed by atoms with Gasteiger partial charge < -0.3 is 20.1 Å². The van der Waals surface area contributed by atoms with Gasteiger partial charge in [0, 0.05) is 76.4 Å². The number of aromatic amines is 1. The molecule has 0 amide bonds. The number of hydrogen-bond acceptors (Lipinski definition) is 6. The molecule has 2 N–H and O–H groups in total. The van der Waals surface area contributed by atoms with Crippen molar-refractivity contribution in [2.75, 3.05) is 68.7 Å². The fourth-order valence-electron chi connectivity index (χ4n) is 5.30. The molecule has 2 aliphatic heterocycles. The van der Waals surface area contributed by atoms with E-state index in [9.17, 15) is 0 Å². The summed E-state index contributed by atoms with van der Waals surface area (Å²) < 4.78 is 1.02. The van der Waals surface area contributed by atoms with Gasteiger partial charge in [-0.2, -0.15) is 0 Å². The van der Waals surface area contributed by atoms with Gasteiger partial charge in [-0.1, -0.05) is 6.42 Å². The van der Waals surface area contributed by atoms with Gasteiger partial charge in [0.25, 0.3) is 0 Å². The van der Waals surface area contributed by atoms with Gasteiger partial charge in [0.15, 0.2) is 5.65 Å². The van der Waals surface area contributed by atoms with Crippen LogP contribution in [0.5, 0.6) is 0 Å². The van der Waals surface area contributed by atoms with E-state index in [1.165, 1.54) is 37.2 Å². The maximum Gasteiger partial charge on any atom is 0.159 e. The number of nitrogens with one attached hydrogen (secondary N) is 2. The van der Waals surface area contributed by atoms with Crippen LogP contribution in [0.3, 0.4) is 0 Å². The zero-order chi connectivity index (χ0) is 22.2. The Morgan fingerprint density at radius 2 is 1.70 bits per heavy atom. The van der Waals surface area contributed by atoms with Crippen LogP contribution in [0.25, 0.3) is 22.6 Å². The zero-order valence-corrected chi connectivity index (χ0v) is 20.6. The predicted octanol–water partition coefficient (Wildman–Crippen LogP) is 3.72. The van der Waals surface area contributed by atoms with Gasteiger partial charge >= 0.3 is 0 Å². The molecule has 1 aliphatic carbocycles. The van der Waals surface area contributed by atoms with Gasteiger partial charge in [0.2, 0.25) is 0 Å². The molecule has 0 atom stereocenters. The second-order valence-corrected chi connectivity index (χ2v) is 10.5. The first kappa shape index (κ1) is 21.4. The Balaban J connectivity index is 1.22. The molecule has 8 heteroatoms. The number of benzene rings is 1. The molecule has 1 saturated carbocycles. The van der Waals surface area contributed by atoms with E-state index < -0.39 is 0 Å². The second kappa shape index (κ2) is 9.24. The Labute approximate surface area is 203 Å². The molecule has 7 nitrogen and oxygen atoms in total. The molecule has 3 aromatic rings. The van der Waals surface area contributed by atoms with E-state index in [1.807, 2.05) is 6.20 Å². The van der Waals surface area contributed by atoms with Gasteiger partial charge in [-0.3, -0.25) is 4.90 Å². The van der Waals surface area contributed by atoms with E-state index in [1.54, 1.807) is 0 Å². The average Bonchev–Trinajstić information content (AvgIpc) is 3.27. The molecule has 174 valence electrons. The molecule has 3 fully saturated rings. The number of H-pyrrole nitrogens is 1. The van der Waals surface area contributed by atoms with Crippen LogP contribution in [0.1, 0.15) is 19.3 Å². The number of hydrogen-bond donors (Lipinski definition) is 2. The first-order valence-electron chi connectivity index (χ1n) is 12.3. The monoisotopic (exact) mass is 509 g/mol. The highest BCUT2D eigenvalue weighted by Gasteiger charge is 2.26. The highest BCUT2D eigenvalue weighted by molar-refractivity contribution is 9.10. The summed E-state index contributed by atoms with van der Waals surface area (Å²) in [6, 6.07) is 8.75.